The third-order valence-electron chi connectivity index (χ3n) is 3.12. The van der Waals surface area contributed by atoms with Gasteiger partial charge in [0.25, 0.3) is 5.91 Å². The van der Waals surface area contributed by atoms with Crippen molar-refractivity contribution in [3.05, 3.63) is 76.5 Å². The van der Waals surface area contributed by atoms with E-state index in [0.29, 0.717) is 5.82 Å². The van der Waals surface area contributed by atoms with Crippen molar-refractivity contribution in [3.8, 4) is 0 Å². The zero-order valence-corrected chi connectivity index (χ0v) is 13.9. The van der Waals surface area contributed by atoms with Gasteiger partial charge in [0.15, 0.2) is 11.6 Å². The molecule has 120 valence electrons. The number of amides is 1. The highest BCUT2D eigenvalue weighted by Gasteiger charge is 2.11. The molecule has 0 saturated carbocycles. The Morgan fingerprint density at radius 2 is 1.71 bits per heavy atom. The number of benzene rings is 2. The summed E-state index contributed by atoms with van der Waals surface area (Å²) in [6.07, 6.45) is 0. The molecule has 0 unspecified atom stereocenters. The molecule has 0 aliphatic rings. The van der Waals surface area contributed by atoms with Gasteiger partial charge in [-0.05, 0) is 42.5 Å². The average Bonchev–Trinajstić information content (AvgIpc) is 2.57. The van der Waals surface area contributed by atoms with Crippen LogP contribution in [0.3, 0.4) is 0 Å². The second-order valence-corrected chi connectivity index (χ2v) is 5.79. The average molecular weight is 387 g/mol. The smallest absolute Gasteiger partial charge is 0.259 e. The molecule has 1 heterocycles. The number of nitrogens with zero attached hydrogens (tertiary/aromatic N) is 2. The van der Waals surface area contributed by atoms with Crippen LogP contribution in [0.1, 0.15) is 10.4 Å². The van der Waals surface area contributed by atoms with Gasteiger partial charge in [-0.2, -0.15) is 0 Å². The second-order valence-electron chi connectivity index (χ2n) is 4.87. The van der Waals surface area contributed by atoms with Crippen LogP contribution in [-0.4, -0.2) is 16.1 Å². The predicted octanol–water partition coefficient (Wildman–Crippen LogP) is 4.37. The maximum absolute atomic E-state index is 13.6. The minimum absolute atomic E-state index is 0.0457. The number of rotatable bonds is 4. The molecule has 0 spiro atoms. The fourth-order valence-electron chi connectivity index (χ4n) is 2.01. The lowest BCUT2D eigenvalue weighted by Gasteiger charge is -2.07. The first-order valence-electron chi connectivity index (χ1n) is 7.04. The summed E-state index contributed by atoms with van der Waals surface area (Å²) < 4.78 is 14.5. The minimum Gasteiger partial charge on any atom is -0.339 e. The number of hydrogen-bond acceptors (Lipinski definition) is 4. The Bertz CT molecular complexity index is 870. The van der Waals surface area contributed by atoms with E-state index in [1.165, 1.54) is 18.2 Å². The van der Waals surface area contributed by atoms with Crippen molar-refractivity contribution in [1.29, 1.82) is 0 Å². The van der Waals surface area contributed by atoms with Gasteiger partial charge in [-0.1, -0.05) is 34.1 Å². The maximum atomic E-state index is 13.6. The molecular weight excluding hydrogens is 375 g/mol. The Morgan fingerprint density at radius 3 is 2.42 bits per heavy atom. The molecule has 2 N–H and O–H groups in total. The molecule has 7 heteroatoms. The molecule has 24 heavy (non-hydrogen) atoms. The fraction of sp³-hybridized carbons (Fsp3) is 0. The maximum Gasteiger partial charge on any atom is 0.259 e. The Labute approximate surface area is 146 Å². The van der Waals surface area contributed by atoms with Crippen molar-refractivity contribution >= 4 is 39.2 Å². The molecule has 1 amide bonds. The molecule has 1 aromatic heterocycles. The summed E-state index contributed by atoms with van der Waals surface area (Å²) >= 11 is 3.39. The van der Waals surface area contributed by atoms with Crippen LogP contribution in [0.2, 0.25) is 0 Å². The molecule has 2 aromatic carbocycles. The SMILES string of the molecule is O=C(Nc1ccc(Nc2cccc(Br)c2)nn1)c1ccccc1F. The summed E-state index contributed by atoms with van der Waals surface area (Å²) in [6.45, 7) is 0. The first-order valence-corrected chi connectivity index (χ1v) is 7.83. The molecular formula is C17H12BrFN4O. The van der Waals surface area contributed by atoms with Crippen LogP contribution in [0.15, 0.2) is 65.1 Å². The van der Waals surface area contributed by atoms with Crippen LogP contribution in [0.25, 0.3) is 0 Å². The second kappa shape index (κ2) is 7.18. The van der Waals surface area contributed by atoms with Crippen molar-refractivity contribution in [3.63, 3.8) is 0 Å². The van der Waals surface area contributed by atoms with Gasteiger partial charge in [0, 0.05) is 10.2 Å². The van der Waals surface area contributed by atoms with Gasteiger partial charge in [-0.25, -0.2) is 4.39 Å². The highest BCUT2D eigenvalue weighted by molar-refractivity contribution is 9.10. The van der Waals surface area contributed by atoms with Gasteiger partial charge < -0.3 is 10.6 Å². The number of anilines is 3. The van der Waals surface area contributed by atoms with Crippen molar-refractivity contribution in [2.45, 2.75) is 0 Å². The van der Waals surface area contributed by atoms with E-state index in [-0.39, 0.29) is 11.4 Å². The molecule has 0 aliphatic carbocycles. The molecule has 5 nitrogen and oxygen atoms in total. The van der Waals surface area contributed by atoms with Crippen molar-refractivity contribution < 1.29 is 9.18 Å². The summed E-state index contributed by atoms with van der Waals surface area (Å²) in [5, 5.41) is 13.5. The van der Waals surface area contributed by atoms with E-state index in [1.807, 2.05) is 24.3 Å². The van der Waals surface area contributed by atoms with Gasteiger partial charge in [0.1, 0.15) is 5.82 Å². The monoisotopic (exact) mass is 386 g/mol. The summed E-state index contributed by atoms with van der Waals surface area (Å²) in [7, 11) is 0. The molecule has 0 aliphatic heterocycles. The summed E-state index contributed by atoms with van der Waals surface area (Å²) in [4.78, 5) is 12.0. The number of carbonyl (C=O) groups is 1. The molecule has 3 rings (SSSR count). The van der Waals surface area contributed by atoms with Crippen LogP contribution in [-0.2, 0) is 0 Å². The predicted molar refractivity (Wildman–Crippen MR) is 93.8 cm³/mol. The quantitative estimate of drug-likeness (QED) is 0.698. The normalized spacial score (nSPS) is 10.2. The van der Waals surface area contributed by atoms with E-state index in [9.17, 15) is 9.18 Å². The Morgan fingerprint density at radius 1 is 0.958 bits per heavy atom. The molecule has 0 saturated heterocycles. The topological polar surface area (TPSA) is 66.9 Å². The fourth-order valence-corrected chi connectivity index (χ4v) is 2.41. The van der Waals surface area contributed by atoms with Crippen LogP contribution in [0, 0.1) is 5.82 Å². The summed E-state index contributed by atoms with van der Waals surface area (Å²) in [5.74, 6) is -0.397. The van der Waals surface area contributed by atoms with Crippen LogP contribution in [0.4, 0.5) is 21.7 Å². The van der Waals surface area contributed by atoms with Crippen LogP contribution >= 0.6 is 15.9 Å². The number of hydrogen-bond donors (Lipinski definition) is 2. The standard InChI is InChI=1S/C17H12BrFN4O/c18-11-4-3-5-12(10-11)20-15-8-9-16(23-22-15)21-17(24)13-6-1-2-7-14(13)19/h1-10H,(H,20,22)(H,21,23,24). The lowest BCUT2D eigenvalue weighted by atomic mass is 10.2. The Balaban J connectivity index is 1.68. The van der Waals surface area contributed by atoms with Crippen molar-refractivity contribution in [2.24, 2.45) is 0 Å². The lowest BCUT2D eigenvalue weighted by Crippen LogP contribution is -2.15. The Kier molecular flexibility index (Phi) is 4.81. The van der Waals surface area contributed by atoms with E-state index in [4.69, 9.17) is 0 Å². The highest BCUT2D eigenvalue weighted by Crippen LogP contribution is 2.19. The van der Waals surface area contributed by atoms with Crippen molar-refractivity contribution in [2.75, 3.05) is 10.6 Å². The number of aromatic nitrogens is 2. The van der Waals surface area contributed by atoms with E-state index in [1.54, 1.807) is 18.2 Å². The van der Waals surface area contributed by atoms with E-state index < -0.39 is 11.7 Å². The number of halogens is 2. The first-order chi connectivity index (χ1) is 11.6. The molecule has 0 fully saturated rings. The number of nitrogens with one attached hydrogen (secondary N) is 2. The zero-order valence-electron chi connectivity index (χ0n) is 12.3. The Hall–Kier alpha value is -2.80. The third-order valence-corrected chi connectivity index (χ3v) is 3.61. The molecule has 0 radical (unpaired) electrons. The number of carbonyl (C=O) groups excluding carboxylic acids is 1. The summed E-state index contributed by atoms with van der Waals surface area (Å²) in [6, 6.07) is 16.6. The molecule has 0 atom stereocenters. The van der Waals surface area contributed by atoms with Gasteiger partial charge in [-0.15, -0.1) is 10.2 Å². The van der Waals surface area contributed by atoms with Gasteiger partial charge in [-0.3, -0.25) is 4.79 Å². The largest absolute Gasteiger partial charge is 0.339 e. The van der Waals surface area contributed by atoms with Gasteiger partial charge in [0.05, 0.1) is 5.56 Å². The minimum atomic E-state index is -0.587. The third kappa shape index (κ3) is 3.94. The molecule has 0 bridgehead atoms. The zero-order chi connectivity index (χ0) is 16.9. The van der Waals surface area contributed by atoms with Crippen molar-refractivity contribution in [1.82, 2.24) is 10.2 Å². The van der Waals surface area contributed by atoms with Gasteiger partial charge >= 0.3 is 0 Å². The lowest BCUT2D eigenvalue weighted by molar-refractivity contribution is 0.102. The van der Waals surface area contributed by atoms with E-state index in [2.05, 4.69) is 36.8 Å². The van der Waals surface area contributed by atoms with Gasteiger partial charge in [0.2, 0.25) is 0 Å². The van der Waals surface area contributed by atoms with E-state index >= 15 is 0 Å². The van der Waals surface area contributed by atoms with Crippen LogP contribution in [0.5, 0.6) is 0 Å². The first kappa shape index (κ1) is 16.1. The highest BCUT2D eigenvalue weighted by atomic mass is 79.9. The molecule has 3 aromatic rings. The summed E-state index contributed by atoms with van der Waals surface area (Å²) in [5.41, 5.74) is 0.803. The van der Waals surface area contributed by atoms with Crippen LogP contribution < -0.4 is 10.6 Å². The van der Waals surface area contributed by atoms with E-state index in [0.717, 1.165) is 10.2 Å².